The highest BCUT2D eigenvalue weighted by atomic mass is 35.5. The van der Waals surface area contributed by atoms with Gasteiger partial charge in [-0.3, -0.25) is 14.6 Å². The summed E-state index contributed by atoms with van der Waals surface area (Å²) in [5.74, 6) is 1.61. The Morgan fingerprint density at radius 3 is 2.66 bits per heavy atom. The molecule has 2 aromatic carbocycles. The summed E-state index contributed by atoms with van der Waals surface area (Å²) in [6, 6.07) is 12.4. The van der Waals surface area contributed by atoms with Gasteiger partial charge in [0.25, 0.3) is 0 Å². The summed E-state index contributed by atoms with van der Waals surface area (Å²) in [7, 11) is 0. The predicted octanol–water partition coefficient (Wildman–Crippen LogP) is 5.31. The van der Waals surface area contributed by atoms with Gasteiger partial charge in [-0.25, -0.2) is 9.97 Å². The molecule has 0 unspecified atom stereocenters. The molecule has 8 heteroatoms. The molecule has 0 saturated carbocycles. The number of nitrogens with one attached hydrogen (secondary N) is 1. The van der Waals surface area contributed by atoms with E-state index in [9.17, 15) is 0 Å². The second-order valence-electron chi connectivity index (χ2n) is 8.24. The number of rotatable bonds is 3. The van der Waals surface area contributed by atoms with Crippen molar-refractivity contribution >= 4 is 39.2 Å². The Hall–Kier alpha value is -3.45. The zero-order valence-electron chi connectivity index (χ0n) is 17.7. The van der Waals surface area contributed by atoms with Gasteiger partial charge in [0, 0.05) is 29.7 Å². The number of benzene rings is 2. The van der Waals surface area contributed by atoms with Crippen molar-refractivity contribution in [1.29, 1.82) is 0 Å². The fraction of sp³-hybridized carbons (Fsp3) is 0.250. The average molecular weight is 444 g/mol. The van der Waals surface area contributed by atoms with Crippen LogP contribution in [0, 0.1) is 6.92 Å². The van der Waals surface area contributed by atoms with Gasteiger partial charge in [-0.05, 0) is 50.5 Å². The van der Waals surface area contributed by atoms with E-state index in [0.717, 1.165) is 57.9 Å². The molecule has 1 saturated heterocycles. The fourth-order valence-electron chi connectivity index (χ4n) is 4.69. The van der Waals surface area contributed by atoms with Gasteiger partial charge in [-0.15, -0.1) is 0 Å². The Balaban J connectivity index is 1.60. The molecule has 0 aliphatic carbocycles. The first kappa shape index (κ1) is 19.3. The van der Waals surface area contributed by atoms with E-state index in [-0.39, 0.29) is 0 Å². The minimum atomic E-state index is 0.654. The molecule has 1 fully saturated rings. The predicted molar refractivity (Wildman–Crippen MR) is 128 cm³/mol. The molecule has 6 rings (SSSR count). The number of anilines is 1. The summed E-state index contributed by atoms with van der Waals surface area (Å²) in [6.45, 7) is 4.14. The molecule has 3 aromatic heterocycles. The van der Waals surface area contributed by atoms with Gasteiger partial charge >= 0.3 is 0 Å². The summed E-state index contributed by atoms with van der Waals surface area (Å²) in [4.78, 5) is 16.5. The minimum Gasteiger partial charge on any atom is -0.371 e. The first-order valence-corrected chi connectivity index (χ1v) is 11.3. The monoisotopic (exact) mass is 443 g/mol. The van der Waals surface area contributed by atoms with Crippen molar-refractivity contribution < 1.29 is 0 Å². The molecule has 0 radical (unpaired) electrons. The van der Waals surface area contributed by atoms with Gasteiger partial charge in [0.15, 0.2) is 5.82 Å². The van der Waals surface area contributed by atoms with Crippen molar-refractivity contribution in [3.8, 4) is 17.1 Å². The van der Waals surface area contributed by atoms with Crippen LogP contribution in [0.1, 0.15) is 25.1 Å². The lowest BCUT2D eigenvalue weighted by atomic mass is 10.1. The smallest absolute Gasteiger partial charge is 0.157 e. The van der Waals surface area contributed by atoms with E-state index >= 15 is 0 Å². The third-order valence-corrected chi connectivity index (χ3v) is 6.51. The molecule has 5 aromatic rings. The van der Waals surface area contributed by atoms with E-state index in [1.54, 1.807) is 0 Å². The Labute approximate surface area is 190 Å². The van der Waals surface area contributed by atoms with Crippen LogP contribution in [0.5, 0.6) is 0 Å². The first-order valence-electron chi connectivity index (χ1n) is 10.9. The van der Waals surface area contributed by atoms with Crippen LogP contribution < -0.4 is 4.90 Å². The van der Waals surface area contributed by atoms with Crippen LogP contribution in [-0.4, -0.2) is 42.8 Å². The summed E-state index contributed by atoms with van der Waals surface area (Å²) >= 11 is 6.34. The highest BCUT2D eigenvalue weighted by molar-refractivity contribution is 6.35. The van der Waals surface area contributed by atoms with Gasteiger partial charge in [-0.2, -0.15) is 5.10 Å². The lowest BCUT2D eigenvalue weighted by Gasteiger charge is -2.29. The number of halogens is 1. The zero-order chi connectivity index (χ0) is 21.7. The van der Waals surface area contributed by atoms with E-state index in [1.807, 2.05) is 31.3 Å². The summed E-state index contributed by atoms with van der Waals surface area (Å²) in [5.41, 5.74) is 5.82. The lowest BCUT2D eigenvalue weighted by molar-refractivity contribution is 0.578. The number of pyridine rings is 1. The van der Waals surface area contributed by atoms with E-state index in [2.05, 4.69) is 47.8 Å². The van der Waals surface area contributed by atoms with Crippen molar-refractivity contribution in [2.24, 2.45) is 0 Å². The van der Waals surface area contributed by atoms with E-state index in [0.29, 0.717) is 5.02 Å². The van der Waals surface area contributed by atoms with Crippen molar-refractivity contribution in [2.45, 2.75) is 26.2 Å². The molecule has 1 N–H and O–H groups in total. The standard InChI is InChI=1S/C24H22ClN7/c1-15-29-23-19(24-27-14-28-30-24)11-17(31-8-3-2-4-9-31)12-21(23)32(15)18-10-16-6-5-7-20(25)22(16)26-13-18/h5-7,10-14H,2-4,8-9H2,1H3,(H,27,28,30). The topological polar surface area (TPSA) is 75.5 Å². The molecule has 0 atom stereocenters. The number of fused-ring (bicyclic) bond motifs is 2. The van der Waals surface area contributed by atoms with Gasteiger partial charge in [0.05, 0.1) is 27.9 Å². The highest BCUT2D eigenvalue weighted by Gasteiger charge is 2.20. The normalized spacial score (nSPS) is 14.5. The summed E-state index contributed by atoms with van der Waals surface area (Å²) in [6.07, 6.45) is 7.11. The van der Waals surface area contributed by atoms with Crippen molar-refractivity contribution in [1.82, 2.24) is 29.7 Å². The molecule has 0 amide bonds. The fourth-order valence-corrected chi connectivity index (χ4v) is 4.92. The highest BCUT2D eigenvalue weighted by Crippen LogP contribution is 2.35. The minimum absolute atomic E-state index is 0.654. The number of hydrogen-bond donors (Lipinski definition) is 1. The van der Waals surface area contributed by atoms with E-state index in [4.69, 9.17) is 16.6 Å². The van der Waals surface area contributed by atoms with Crippen LogP contribution in [0.3, 0.4) is 0 Å². The molecule has 1 aliphatic heterocycles. The van der Waals surface area contributed by atoms with Crippen LogP contribution in [-0.2, 0) is 0 Å². The number of aromatic amines is 1. The van der Waals surface area contributed by atoms with Crippen LogP contribution in [0.15, 0.2) is 48.9 Å². The molecular weight excluding hydrogens is 422 g/mol. The van der Waals surface area contributed by atoms with Crippen LogP contribution in [0.4, 0.5) is 5.69 Å². The second-order valence-corrected chi connectivity index (χ2v) is 8.65. The van der Waals surface area contributed by atoms with Gasteiger partial charge in [0.1, 0.15) is 17.7 Å². The molecule has 0 spiro atoms. The molecule has 32 heavy (non-hydrogen) atoms. The Morgan fingerprint density at radius 2 is 1.84 bits per heavy atom. The Morgan fingerprint density at radius 1 is 0.969 bits per heavy atom. The van der Waals surface area contributed by atoms with Crippen molar-refractivity contribution in [3.63, 3.8) is 0 Å². The SMILES string of the molecule is Cc1nc2c(-c3ncn[nH]3)cc(N3CCCCC3)cc2n1-c1cnc2c(Cl)cccc2c1. The maximum absolute atomic E-state index is 6.34. The third-order valence-electron chi connectivity index (χ3n) is 6.21. The van der Waals surface area contributed by atoms with Crippen molar-refractivity contribution in [3.05, 3.63) is 59.8 Å². The Bertz CT molecular complexity index is 1430. The zero-order valence-corrected chi connectivity index (χ0v) is 18.5. The maximum Gasteiger partial charge on any atom is 0.157 e. The number of imidazole rings is 1. The van der Waals surface area contributed by atoms with E-state index < -0.39 is 0 Å². The number of para-hydroxylation sites is 1. The lowest BCUT2D eigenvalue weighted by Crippen LogP contribution is -2.29. The summed E-state index contributed by atoms with van der Waals surface area (Å²) in [5, 5.41) is 8.74. The number of hydrogen-bond acceptors (Lipinski definition) is 5. The number of nitrogens with zero attached hydrogens (tertiary/aromatic N) is 6. The summed E-state index contributed by atoms with van der Waals surface area (Å²) < 4.78 is 2.16. The van der Waals surface area contributed by atoms with Crippen LogP contribution in [0.2, 0.25) is 5.02 Å². The quantitative estimate of drug-likeness (QED) is 0.409. The van der Waals surface area contributed by atoms with Gasteiger partial charge < -0.3 is 4.90 Å². The maximum atomic E-state index is 6.34. The molecule has 1 aliphatic rings. The first-order chi connectivity index (χ1) is 15.7. The molecule has 7 nitrogen and oxygen atoms in total. The van der Waals surface area contributed by atoms with Crippen molar-refractivity contribution in [2.75, 3.05) is 18.0 Å². The molecule has 160 valence electrons. The molecule has 4 heterocycles. The van der Waals surface area contributed by atoms with Gasteiger partial charge in [-0.1, -0.05) is 23.7 Å². The Kier molecular flexibility index (Phi) is 4.57. The van der Waals surface area contributed by atoms with Gasteiger partial charge in [0.2, 0.25) is 0 Å². The number of aromatic nitrogens is 6. The van der Waals surface area contributed by atoms with Crippen LogP contribution >= 0.6 is 11.6 Å². The number of piperidine rings is 1. The average Bonchev–Trinajstić information content (AvgIpc) is 3.46. The molecular formula is C24H22ClN7. The molecule has 0 bridgehead atoms. The largest absolute Gasteiger partial charge is 0.371 e. The van der Waals surface area contributed by atoms with Crippen LogP contribution in [0.25, 0.3) is 39.0 Å². The van der Waals surface area contributed by atoms with E-state index in [1.165, 1.54) is 31.3 Å². The number of aryl methyl sites for hydroxylation is 1. The number of H-pyrrole nitrogens is 1. The second kappa shape index (κ2) is 7.60. The third kappa shape index (κ3) is 3.12.